The molecule has 2 aromatic rings. The van der Waals surface area contributed by atoms with Gasteiger partial charge in [-0.05, 0) is 25.1 Å². The van der Waals surface area contributed by atoms with Gasteiger partial charge in [-0.1, -0.05) is 24.3 Å². The van der Waals surface area contributed by atoms with Crippen LogP contribution in [0.15, 0.2) is 47.4 Å². The number of carbonyl (C=O) groups is 2. The summed E-state index contributed by atoms with van der Waals surface area (Å²) in [5.41, 5.74) is 0.935. The molecule has 0 bridgehead atoms. The topological polar surface area (TPSA) is 98.8 Å². The van der Waals surface area contributed by atoms with Crippen LogP contribution in [0.1, 0.15) is 22.8 Å². The average Bonchev–Trinajstić information content (AvgIpc) is 2.61. The second-order valence-corrected chi connectivity index (χ2v) is 7.41. The fraction of sp³-hybridized carbons (Fsp3) is 0.222. The van der Waals surface area contributed by atoms with E-state index in [1.807, 2.05) is 4.72 Å². The van der Waals surface area contributed by atoms with Crippen LogP contribution in [-0.4, -0.2) is 33.3 Å². The summed E-state index contributed by atoms with van der Waals surface area (Å²) >= 11 is 0. The van der Waals surface area contributed by atoms with Crippen LogP contribution in [0.3, 0.4) is 0 Å². The van der Waals surface area contributed by atoms with Gasteiger partial charge in [0.25, 0.3) is 10.0 Å². The van der Waals surface area contributed by atoms with Crippen LogP contribution in [0.4, 0.5) is 0 Å². The SMILES string of the molecule is CC(=O)c1ccc(S(=O)(=O)NC(=O)Cc2cccc3c2OCCO3)cc1. The van der Waals surface area contributed by atoms with Crippen molar-refractivity contribution in [3.63, 3.8) is 0 Å². The Morgan fingerprint density at radius 2 is 1.73 bits per heavy atom. The number of ketones is 1. The van der Waals surface area contributed by atoms with E-state index in [1.165, 1.54) is 31.2 Å². The van der Waals surface area contributed by atoms with Crippen molar-refractivity contribution in [3.8, 4) is 11.5 Å². The summed E-state index contributed by atoms with van der Waals surface area (Å²) in [7, 11) is -4.03. The minimum Gasteiger partial charge on any atom is -0.486 e. The van der Waals surface area contributed by atoms with Gasteiger partial charge >= 0.3 is 0 Å². The molecule has 0 aromatic heterocycles. The molecule has 1 aliphatic rings. The smallest absolute Gasteiger partial charge is 0.264 e. The van der Waals surface area contributed by atoms with Crippen LogP contribution < -0.4 is 14.2 Å². The first kappa shape index (κ1) is 17.9. The number of nitrogens with one attached hydrogen (secondary N) is 1. The van der Waals surface area contributed by atoms with Gasteiger partial charge in [-0.25, -0.2) is 13.1 Å². The molecule has 136 valence electrons. The highest BCUT2D eigenvalue weighted by Gasteiger charge is 2.21. The molecule has 26 heavy (non-hydrogen) atoms. The number of benzene rings is 2. The summed E-state index contributed by atoms with van der Waals surface area (Å²) in [6.45, 7) is 2.18. The molecule has 0 aliphatic carbocycles. The maximum absolute atomic E-state index is 12.3. The maximum Gasteiger partial charge on any atom is 0.264 e. The van der Waals surface area contributed by atoms with Gasteiger partial charge in [-0.2, -0.15) is 0 Å². The predicted octanol–water partition coefficient (Wildman–Crippen LogP) is 1.71. The molecule has 0 fully saturated rings. The Hall–Kier alpha value is -2.87. The van der Waals surface area contributed by atoms with E-state index in [0.717, 1.165) is 0 Å². The lowest BCUT2D eigenvalue weighted by Crippen LogP contribution is -2.32. The van der Waals surface area contributed by atoms with Crippen LogP contribution >= 0.6 is 0 Å². The summed E-state index contributed by atoms with van der Waals surface area (Å²) in [4.78, 5) is 23.4. The number of ether oxygens (including phenoxy) is 2. The Kier molecular flexibility index (Phi) is 4.94. The van der Waals surface area contributed by atoms with E-state index in [9.17, 15) is 18.0 Å². The van der Waals surface area contributed by atoms with Crippen molar-refractivity contribution in [2.75, 3.05) is 13.2 Å². The van der Waals surface area contributed by atoms with Crippen molar-refractivity contribution in [2.24, 2.45) is 0 Å². The largest absolute Gasteiger partial charge is 0.486 e. The molecular formula is C18H17NO6S. The van der Waals surface area contributed by atoms with Crippen molar-refractivity contribution >= 4 is 21.7 Å². The molecule has 1 aliphatic heterocycles. The summed E-state index contributed by atoms with van der Waals surface area (Å²) in [5.74, 6) is 0.124. The number of hydrogen-bond donors (Lipinski definition) is 1. The third kappa shape index (κ3) is 3.85. The van der Waals surface area contributed by atoms with E-state index in [1.54, 1.807) is 18.2 Å². The summed E-state index contributed by atoms with van der Waals surface area (Å²) < 4.78 is 37.7. The van der Waals surface area contributed by atoms with Crippen molar-refractivity contribution < 1.29 is 27.5 Å². The van der Waals surface area contributed by atoms with Gasteiger partial charge in [0.2, 0.25) is 5.91 Å². The standard InChI is InChI=1S/C18H17NO6S/c1-12(20)13-5-7-15(8-6-13)26(22,23)19-17(21)11-14-3-2-4-16-18(14)25-10-9-24-16/h2-8H,9-11H2,1H3,(H,19,21). The Bertz CT molecular complexity index is 950. The van der Waals surface area contributed by atoms with Crippen LogP contribution in [0, 0.1) is 0 Å². The number of rotatable bonds is 5. The molecule has 1 N–H and O–H groups in total. The monoisotopic (exact) mass is 375 g/mol. The molecule has 1 heterocycles. The Morgan fingerprint density at radius 1 is 1.04 bits per heavy atom. The van der Waals surface area contributed by atoms with Crippen LogP contribution in [0.5, 0.6) is 11.5 Å². The second-order valence-electron chi connectivity index (χ2n) is 5.73. The van der Waals surface area contributed by atoms with Gasteiger partial charge in [0.1, 0.15) is 13.2 Å². The van der Waals surface area contributed by atoms with E-state index in [4.69, 9.17) is 9.47 Å². The highest BCUT2D eigenvalue weighted by atomic mass is 32.2. The molecule has 0 radical (unpaired) electrons. The fourth-order valence-corrected chi connectivity index (χ4v) is 3.54. The molecule has 0 saturated heterocycles. The molecule has 2 aromatic carbocycles. The molecule has 7 nitrogen and oxygen atoms in total. The first-order chi connectivity index (χ1) is 12.4. The molecule has 0 saturated carbocycles. The van der Waals surface area contributed by atoms with Crippen LogP contribution in [0.2, 0.25) is 0 Å². The zero-order valence-corrected chi connectivity index (χ0v) is 14.8. The van der Waals surface area contributed by atoms with Gasteiger partial charge in [0, 0.05) is 11.1 Å². The zero-order valence-electron chi connectivity index (χ0n) is 14.0. The van der Waals surface area contributed by atoms with E-state index in [0.29, 0.717) is 35.8 Å². The van der Waals surface area contributed by atoms with E-state index in [2.05, 4.69) is 0 Å². The van der Waals surface area contributed by atoms with Crippen molar-refractivity contribution in [2.45, 2.75) is 18.2 Å². The van der Waals surface area contributed by atoms with E-state index < -0.39 is 15.9 Å². The first-order valence-electron chi connectivity index (χ1n) is 7.91. The zero-order chi connectivity index (χ0) is 18.7. The van der Waals surface area contributed by atoms with Gasteiger partial charge in [0.05, 0.1) is 11.3 Å². The predicted molar refractivity (Wildman–Crippen MR) is 92.9 cm³/mol. The fourth-order valence-electron chi connectivity index (χ4n) is 2.56. The second kappa shape index (κ2) is 7.17. The maximum atomic E-state index is 12.3. The van der Waals surface area contributed by atoms with Crippen molar-refractivity contribution in [1.82, 2.24) is 4.72 Å². The molecule has 8 heteroatoms. The number of carbonyl (C=O) groups excluding carboxylic acids is 2. The minimum absolute atomic E-state index is 0.0921. The third-order valence-corrected chi connectivity index (χ3v) is 5.21. The molecule has 3 rings (SSSR count). The van der Waals surface area contributed by atoms with Gasteiger partial charge in [0.15, 0.2) is 17.3 Å². The Morgan fingerprint density at radius 3 is 2.42 bits per heavy atom. The molecule has 0 unspecified atom stereocenters. The lowest BCUT2D eigenvalue weighted by molar-refractivity contribution is -0.118. The summed E-state index contributed by atoms with van der Waals surface area (Å²) in [6, 6.07) is 10.5. The van der Waals surface area contributed by atoms with Gasteiger partial charge in [-0.15, -0.1) is 0 Å². The van der Waals surface area contributed by atoms with Gasteiger partial charge in [-0.3, -0.25) is 9.59 Å². The van der Waals surface area contributed by atoms with E-state index in [-0.39, 0.29) is 17.1 Å². The highest BCUT2D eigenvalue weighted by Crippen LogP contribution is 2.33. The van der Waals surface area contributed by atoms with Crippen molar-refractivity contribution in [3.05, 3.63) is 53.6 Å². The number of fused-ring (bicyclic) bond motifs is 1. The summed E-state index contributed by atoms with van der Waals surface area (Å²) in [5, 5.41) is 0. The Balaban J connectivity index is 1.74. The lowest BCUT2D eigenvalue weighted by atomic mass is 10.1. The van der Waals surface area contributed by atoms with E-state index >= 15 is 0 Å². The summed E-state index contributed by atoms with van der Waals surface area (Å²) in [6.07, 6.45) is -0.169. The quantitative estimate of drug-likeness (QED) is 0.799. The molecular weight excluding hydrogens is 358 g/mol. The highest BCUT2D eigenvalue weighted by molar-refractivity contribution is 7.90. The normalized spacial score (nSPS) is 13.1. The molecule has 0 spiro atoms. The minimum atomic E-state index is -4.03. The lowest BCUT2D eigenvalue weighted by Gasteiger charge is -2.20. The van der Waals surface area contributed by atoms with Gasteiger partial charge < -0.3 is 9.47 Å². The number of Topliss-reactive ketones (excluding diaryl/α,β-unsaturated/α-hetero) is 1. The van der Waals surface area contributed by atoms with Crippen molar-refractivity contribution in [1.29, 1.82) is 0 Å². The Labute approximate surface area is 151 Å². The number of hydrogen-bond acceptors (Lipinski definition) is 6. The number of amides is 1. The number of sulfonamides is 1. The van der Waals surface area contributed by atoms with Crippen LogP contribution in [-0.2, 0) is 21.2 Å². The molecule has 1 amide bonds. The third-order valence-electron chi connectivity index (χ3n) is 3.82. The van der Waals surface area contributed by atoms with Crippen LogP contribution in [0.25, 0.3) is 0 Å². The first-order valence-corrected chi connectivity index (χ1v) is 9.39. The average molecular weight is 375 g/mol. The number of para-hydroxylation sites is 1. The molecule has 0 atom stereocenters.